The van der Waals surface area contributed by atoms with E-state index < -0.39 is 17.2 Å². The molecule has 3 nitrogen and oxygen atoms in total. The molecule has 0 radical (unpaired) electrons. The zero-order chi connectivity index (χ0) is 17.5. The summed E-state index contributed by atoms with van der Waals surface area (Å²) in [6.07, 6.45) is -2.86. The molecule has 1 unspecified atom stereocenters. The van der Waals surface area contributed by atoms with Crippen LogP contribution in [0.5, 0.6) is 0 Å². The number of piperidine rings is 1. The second-order valence-electron chi connectivity index (χ2n) is 7.13. The highest BCUT2D eigenvalue weighted by atomic mass is 35.5. The van der Waals surface area contributed by atoms with E-state index in [1.807, 2.05) is 18.7 Å². The van der Waals surface area contributed by atoms with E-state index in [4.69, 9.17) is 0 Å². The molecule has 0 bridgehead atoms. The van der Waals surface area contributed by atoms with E-state index in [0.717, 1.165) is 43.6 Å². The quantitative estimate of drug-likeness (QED) is 0.850. The van der Waals surface area contributed by atoms with Gasteiger partial charge in [0.25, 0.3) is 0 Å². The highest BCUT2D eigenvalue weighted by Crippen LogP contribution is 2.50. The molecule has 1 N–H and O–H groups in total. The summed E-state index contributed by atoms with van der Waals surface area (Å²) in [5, 5.41) is 3.28. The molecule has 2 fully saturated rings. The molecule has 1 atom stereocenters. The molecule has 1 aromatic carbocycles. The van der Waals surface area contributed by atoms with Crippen molar-refractivity contribution in [3.63, 3.8) is 0 Å². The number of amides is 1. The van der Waals surface area contributed by atoms with Crippen molar-refractivity contribution in [2.45, 2.75) is 44.8 Å². The molecule has 2 aliphatic heterocycles. The Labute approximate surface area is 152 Å². The second kappa shape index (κ2) is 7.16. The molecule has 1 aromatic rings. The van der Waals surface area contributed by atoms with Crippen LogP contribution in [0.3, 0.4) is 0 Å². The lowest BCUT2D eigenvalue weighted by Crippen LogP contribution is -2.45. The Morgan fingerprint density at radius 1 is 1.16 bits per heavy atom. The smallest absolute Gasteiger partial charge is 0.339 e. The summed E-state index contributed by atoms with van der Waals surface area (Å²) in [6.45, 7) is 6.11. The third-order valence-corrected chi connectivity index (χ3v) is 5.49. The van der Waals surface area contributed by atoms with Gasteiger partial charge in [-0.25, -0.2) is 0 Å². The summed E-state index contributed by atoms with van der Waals surface area (Å²) in [4.78, 5) is 14.9. The van der Waals surface area contributed by atoms with Gasteiger partial charge in [0.2, 0.25) is 5.91 Å². The largest absolute Gasteiger partial charge is 0.416 e. The van der Waals surface area contributed by atoms with Crippen molar-refractivity contribution in [2.24, 2.45) is 5.41 Å². The van der Waals surface area contributed by atoms with Crippen molar-refractivity contribution in [3.05, 3.63) is 35.4 Å². The molecular formula is C18H24ClF3N2O. The average molecular weight is 377 g/mol. The van der Waals surface area contributed by atoms with Crippen LogP contribution >= 0.6 is 12.4 Å². The van der Waals surface area contributed by atoms with Gasteiger partial charge in [-0.2, -0.15) is 13.2 Å². The van der Waals surface area contributed by atoms with Crippen LogP contribution in [0, 0.1) is 5.41 Å². The molecular weight excluding hydrogens is 353 g/mol. The van der Waals surface area contributed by atoms with Crippen LogP contribution in [0.25, 0.3) is 0 Å². The van der Waals surface area contributed by atoms with Gasteiger partial charge in [0.15, 0.2) is 0 Å². The van der Waals surface area contributed by atoms with Crippen LogP contribution < -0.4 is 5.32 Å². The number of hydrogen-bond acceptors (Lipinski definition) is 2. The normalized spacial score (nSPS) is 23.2. The maximum Gasteiger partial charge on any atom is 0.416 e. The fraction of sp³-hybridized carbons (Fsp3) is 0.611. The molecule has 1 amide bonds. The van der Waals surface area contributed by atoms with Crippen LogP contribution in [0.15, 0.2) is 24.3 Å². The standard InChI is InChI=1S/C18H23F3N2O.ClH/c1-12(2)23-11-15(17(16(23)24)7-9-22-10-8-17)13-3-5-14(6-4-13)18(19,20)21;/h3-6,12,15,22H,7-11H2,1-2H3;1H. The molecule has 0 aliphatic carbocycles. The lowest BCUT2D eigenvalue weighted by Gasteiger charge is -2.37. The Bertz CT molecular complexity index is 610. The summed E-state index contributed by atoms with van der Waals surface area (Å²) in [7, 11) is 0. The highest BCUT2D eigenvalue weighted by Gasteiger charge is 2.54. The molecule has 2 heterocycles. The van der Waals surface area contributed by atoms with E-state index >= 15 is 0 Å². The molecule has 1 spiro atoms. The summed E-state index contributed by atoms with van der Waals surface area (Å²) in [5.41, 5.74) is -0.285. The Hall–Kier alpha value is -1.27. The third kappa shape index (κ3) is 3.51. The highest BCUT2D eigenvalue weighted by molar-refractivity contribution is 5.87. The molecule has 0 saturated carbocycles. The van der Waals surface area contributed by atoms with Gasteiger partial charge < -0.3 is 10.2 Å². The van der Waals surface area contributed by atoms with Crippen LogP contribution in [0.1, 0.15) is 43.7 Å². The van der Waals surface area contributed by atoms with Crippen molar-refractivity contribution in [1.82, 2.24) is 10.2 Å². The van der Waals surface area contributed by atoms with Gasteiger partial charge >= 0.3 is 6.18 Å². The Morgan fingerprint density at radius 3 is 2.20 bits per heavy atom. The molecule has 2 aliphatic rings. The van der Waals surface area contributed by atoms with Crippen molar-refractivity contribution < 1.29 is 18.0 Å². The Balaban J connectivity index is 0.00000225. The van der Waals surface area contributed by atoms with Gasteiger partial charge in [-0.3, -0.25) is 4.79 Å². The maximum atomic E-state index is 13.1. The summed E-state index contributed by atoms with van der Waals surface area (Å²) < 4.78 is 38.4. The molecule has 140 valence electrons. The van der Waals surface area contributed by atoms with E-state index in [1.54, 1.807) is 12.1 Å². The summed E-state index contributed by atoms with van der Waals surface area (Å²) in [5.74, 6) is 0.112. The fourth-order valence-corrected chi connectivity index (χ4v) is 4.10. The molecule has 7 heteroatoms. The lowest BCUT2D eigenvalue weighted by atomic mass is 9.68. The third-order valence-electron chi connectivity index (χ3n) is 5.49. The minimum atomic E-state index is -4.33. The number of carbonyl (C=O) groups excluding carboxylic acids is 1. The zero-order valence-corrected chi connectivity index (χ0v) is 15.2. The van der Waals surface area contributed by atoms with Crippen molar-refractivity contribution in [1.29, 1.82) is 0 Å². The Kier molecular flexibility index (Phi) is 5.74. The number of hydrogen-bond donors (Lipinski definition) is 1. The van der Waals surface area contributed by atoms with E-state index in [1.165, 1.54) is 0 Å². The van der Waals surface area contributed by atoms with Gasteiger partial charge in [0.1, 0.15) is 0 Å². The van der Waals surface area contributed by atoms with Crippen LogP contribution in [-0.4, -0.2) is 36.5 Å². The minimum Gasteiger partial charge on any atom is -0.339 e. The van der Waals surface area contributed by atoms with Gasteiger partial charge in [-0.15, -0.1) is 12.4 Å². The van der Waals surface area contributed by atoms with Crippen LogP contribution in [-0.2, 0) is 11.0 Å². The number of carbonyl (C=O) groups is 1. The number of likely N-dealkylation sites (tertiary alicyclic amines) is 1. The topological polar surface area (TPSA) is 32.3 Å². The van der Waals surface area contributed by atoms with Gasteiger partial charge in [0.05, 0.1) is 11.0 Å². The van der Waals surface area contributed by atoms with E-state index in [0.29, 0.717) is 6.54 Å². The molecule has 25 heavy (non-hydrogen) atoms. The number of nitrogens with zero attached hydrogens (tertiary/aromatic N) is 1. The number of rotatable bonds is 2. The SMILES string of the molecule is CC(C)N1CC(c2ccc(C(F)(F)F)cc2)C2(CCNCC2)C1=O.Cl. The lowest BCUT2D eigenvalue weighted by molar-refractivity contribution is -0.139. The minimum absolute atomic E-state index is 0. The second-order valence-corrected chi connectivity index (χ2v) is 7.13. The fourth-order valence-electron chi connectivity index (χ4n) is 4.10. The van der Waals surface area contributed by atoms with Crippen molar-refractivity contribution in [2.75, 3.05) is 19.6 Å². The number of halogens is 4. The summed E-state index contributed by atoms with van der Waals surface area (Å²) >= 11 is 0. The molecule has 2 saturated heterocycles. The zero-order valence-electron chi connectivity index (χ0n) is 14.4. The number of nitrogens with one attached hydrogen (secondary N) is 1. The van der Waals surface area contributed by atoms with Crippen LogP contribution in [0.2, 0.25) is 0 Å². The number of benzene rings is 1. The first-order valence-electron chi connectivity index (χ1n) is 8.44. The van der Waals surface area contributed by atoms with E-state index in [2.05, 4.69) is 5.32 Å². The first kappa shape index (κ1) is 20.0. The van der Waals surface area contributed by atoms with E-state index in [9.17, 15) is 18.0 Å². The maximum absolute atomic E-state index is 13.1. The first-order chi connectivity index (χ1) is 11.3. The van der Waals surface area contributed by atoms with E-state index in [-0.39, 0.29) is 30.3 Å². The predicted molar refractivity (Wildman–Crippen MR) is 92.8 cm³/mol. The molecule has 3 rings (SSSR count). The Morgan fingerprint density at radius 2 is 1.72 bits per heavy atom. The summed E-state index contributed by atoms with van der Waals surface area (Å²) in [6, 6.07) is 5.46. The van der Waals surface area contributed by atoms with Crippen LogP contribution in [0.4, 0.5) is 13.2 Å². The molecule has 0 aromatic heterocycles. The van der Waals surface area contributed by atoms with Crippen molar-refractivity contribution >= 4 is 18.3 Å². The number of alkyl halides is 3. The monoisotopic (exact) mass is 376 g/mol. The van der Waals surface area contributed by atoms with Gasteiger partial charge in [-0.1, -0.05) is 12.1 Å². The average Bonchev–Trinajstić information content (AvgIpc) is 2.81. The first-order valence-corrected chi connectivity index (χ1v) is 8.44. The van der Waals surface area contributed by atoms with Gasteiger partial charge in [-0.05, 0) is 57.5 Å². The van der Waals surface area contributed by atoms with Crippen molar-refractivity contribution in [3.8, 4) is 0 Å². The predicted octanol–water partition coefficient (Wildman–Crippen LogP) is 3.83. The van der Waals surface area contributed by atoms with Gasteiger partial charge in [0, 0.05) is 18.5 Å².